The van der Waals surface area contributed by atoms with E-state index in [-0.39, 0.29) is 11.4 Å². The summed E-state index contributed by atoms with van der Waals surface area (Å²) in [6.45, 7) is 0. The van der Waals surface area contributed by atoms with Gasteiger partial charge in [-0.2, -0.15) is 0 Å². The molecule has 0 spiro atoms. The lowest BCUT2D eigenvalue weighted by atomic mass is 9.99. The van der Waals surface area contributed by atoms with Crippen LogP contribution in [0, 0.1) is 0 Å². The summed E-state index contributed by atoms with van der Waals surface area (Å²) in [6.07, 6.45) is 0. The number of hydrogen-bond donors (Lipinski definition) is 2. The molecule has 0 saturated heterocycles. The van der Waals surface area contributed by atoms with Crippen LogP contribution in [0.3, 0.4) is 0 Å². The van der Waals surface area contributed by atoms with E-state index in [1.54, 1.807) is 0 Å². The highest BCUT2D eigenvalue weighted by atomic mass is 16.4. The fourth-order valence-corrected chi connectivity index (χ4v) is 3.45. The van der Waals surface area contributed by atoms with Crippen molar-refractivity contribution in [3.8, 4) is 0 Å². The monoisotopic (exact) mass is 446 g/mol. The first kappa shape index (κ1) is 22.4. The second-order valence-electron chi connectivity index (χ2n) is 7.26. The largest absolute Gasteiger partial charge is 0.410 e. The average Bonchev–Trinajstić information content (AvgIpc) is 2.92. The minimum absolute atomic E-state index is 0.269. The zero-order chi connectivity index (χ0) is 23.6. The summed E-state index contributed by atoms with van der Waals surface area (Å²) >= 11 is 0. The normalized spacial score (nSPS) is 13.1. The quantitative estimate of drug-likeness (QED) is 0.219. The van der Waals surface area contributed by atoms with Gasteiger partial charge in [0.05, 0.1) is 0 Å². The van der Waals surface area contributed by atoms with Crippen LogP contribution in [0.2, 0.25) is 0 Å². The number of oxime groups is 2. The third-order valence-electron chi connectivity index (χ3n) is 5.09. The van der Waals surface area contributed by atoms with Crippen LogP contribution in [0.4, 0.5) is 0 Å². The van der Waals surface area contributed by atoms with Gasteiger partial charge in [-0.3, -0.25) is 0 Å². The van der Waals surface area contributed by atoms with Gasteiger partial charge in [-0.25, -0.2) is 0 Å². The fraction of sp³-hybridized carbons (Fsp3) is 0. The molecule has 4 aromatic carbocycles. The van der Waals surface area contributed by atoms with Gasteiger partial charge in [0.1, 0.15) is 22.8 Å². The maximum atomic E-state index is 9.92. The molecule has 0 saturated carbocycles. The SMILES string of the molecule is O\N=C(/C(=N/N=C(/C(=N\O)c1ccccc1)c1ccccc1)c1ccccc1)c1ccccc1. The molecule has 0 heterocycles. The molecule has 0 aromatic heterocycles. The molecule has 0 amide bonds. The summed E-state index contributed by atoms with van der Waals surface area (Å²) in [5, 5.41) is 36.0. The highest BCUT2D eigenvalue weighted by Crippen LogP contribution is 2.14. The zero-order valence-corrected chi connectivity index (χ0v) is 18.2. The van der Waals surface area contributed by atoms with E-state index < -0.39 is 0 Å². The molecule has 4 aromatic rings. The summed E-state index contributed by atoms with van der Waals surface area (Å²) in [6, 6.07) is 37.2. The lowest BCUT2D eigenvalue weighted by molar-refractivity contribution is 0.320. The molecule has 0 bridgehead atoms. The van der Waals surface area contributed by atoms with Crippen molar-refractivity contribution in [1.29, 1.82) is 0 Å². The van der Waals surface area contributed by atoms with Crippen LogP contribution in [0.15, 0.2) is 142 Å². The Bertz CT molecular complexity index is 1230. The van der Waals surface area contributed by atoms with Gasteiger partial charge in [-0.05, 0) is 0 Å². The minimum atomic E-state index is 0.269. The van der Waals surface area contributed by atoms with E-state index in [4.69, 9.17) is 0 Å². The van der Waals surface area contributed by atoms with Crippen molar-refractivity contribution >= 4 is 22.8 Å². The third kappa shape index (κ3) is 5.14. The maximum Gasteiger partial charge on any atom is 0.137 e. The lowest BCUT2D eigenvalue weighted by Crippen LogP contribution is -2.20. The lowest BCUT2D eigenvalue weighted by Gasteiger charge is -2.10. The van der Waals surface area contributed by atoms with Gasteiger partial charge >= 0.3 is 0 Å². The van der Waals surface area contributed by atoms with Crippen molar-refractivity contribution in [2.45, 2.75) is 0 Å². The number of rotatable bonds is 7. The van der Waals surface area contributed by atoms with Crippen molar-refractivity contribution in [2.75, 3.05) is 0 Å². The Kier molecular flexibility index (Phi) is 7.33. The molecular formula is C28H22N4O2. The first-order valence-electron chi connectivity index (χ1n) is 10.6. The summed E-state index contributed by atoms with van der Waals surface area (Å²) in [7, 11) is 0. The zero-order valence-electron chi connectivity index (χ0n) is 18.2. The van der Waals surface area contributed by atoms with Gasteiger partial charge in [-0.1, -0.05) is 132 Å². The Hall–Kier alpha value is -4.84. The van der Waals surface area contributed by atoms with E-state index in [0.29, 0.717) is 22.6 Å². The topological polar surface area (TPSA) is 89.9 Å². The van der Waals surface area contributed by atoms with Crippen LogP contribution in [-0.4, -0.2) is 33.3 Å². The van der Waals surface area contributed by atoms with Crippen LogP contribution in [0.1, 0.15) is 22.3 Å². The van der Waals surface area contributed by atoms with Crippen molar-refractivity contribution in [3.63, 3.8) is 0 Å². The van der Waals surface area contributed by atoms with E-state index in [1.807, 2.05) is 121 Å². The highest BCUT2D eigenvalue weighted by Gasteiger charge is 2.18. The first-order valence-corrected chi connectivity index (χ1v) is 10.6. The van der Waals surface area contributed by atoms with Crippen molar-refractivity contribution in [2.24, 2.45) is 20.5 Å². The average molecular weight is 447 g/mol. The Morgan fingerprint density at radius 1 is 0.353 bits per heavy atom. The van der Waals surface area contributed by atoms with Crippen molar-refractivity contribution in [3.05, 3.63) is 144 Å². The molecule has 0 aliphatic carbocycles. The molecule has 6 nitrogen and oxygen atoms in total. The van der Waals surface area contributed by atoms with Crippen LogP contribution < -0.4 is 0 Å². The Balaban J connectivity index is 1.92. The Labute approximate surface area is 197 Å². The molecule has 34 heavy (non-hydrogen) atoms. The molecule has 4 rings (SSSR count). The molecule has 0 atom stereocenters. The summed E-state index contributed by atoms with van der Waals surface area (Å²) in [5.41, 5.74) is 4.08. The Morgan fingerprint density at radius 2 is 0.588 bits per heavy atom. The molecule has 2 N–H and O–H groups in total. The van der Waals surface area contributed by atoms with E-state index in [2.05, 4.69) is 20.5 Å². The van der Waals surface area contributed by atoms with Crippen LogP contribution in [0.25, 0.3) is 0 Å². The molecule has 0 aliphatic heterocycles. The third-order valence-corrected chi connectivity index (χ3v) is 5.09. The molecule has 0 radical (unpaired) electrons. The Morgan fingerprint density at radius 3 is 0.824 bits per heavy atom. The summed E-state index contributed by atoms with van der Waals surface area (Å²) in [5.74, 6) is 0. The second kappa shape index (κ2) is 11.2. The number of nitrogens with zero attached hydrogens (tertiary/aromatic N) is 4. The van der Waals surface area contributed by atoms with Crippen molar-refractivity contribution in [1.82, 2.24) is 0 Å². The van der Waals surface area contributed by atoms with E-state index >= 15 is 0 Å². The molecule has 166 valence electrons. The molecule has 0 fully saturated rings. The predicted molar refractivity (Wildman–Crippen MR) is 135 cm³/mol. The van der Waals surface area contributed by atoms with E-state index in [9.17, 15) is 10.4 Å². The van der Waals surface area contributed by atoms with Gasteiger partial charge in [0, 0.05) is 22.3 Å². The van der Waals surface area contributed by atoms with Gasteiger partial charge in [0.25, 0.3) is 0 Å². The molecule has 0 aliphatic rings. The smallest absolute Gasteiger partial charge is 0.137 e. The van der Waals surface area contributed by atoms with Gasteiger partial charge in [-0.15, -0.1) is 10.2 Å². The predicted octanol–water partition coefficient (Wildman–Crippen LogP) is 5.64. The van der Waals surface area contributed by atoms with Crippen LogP contribution >= 0.6 is 0 Å². The molecular weight excluding hydrogens is 424 g/mol. The van der Waals surface area contributed by atoms with E-state index in [0.717, 1.165) is 11.1 Å². The van der Waals surface area contributed by atoms with Gasteiger partial charge in [0.15, 0.2) is 0 Å². The summed E-state index contributed by atoms with van der Waals surface area (Å²) < 4.78 is 0. The number of benzene rings is 4. The van der Waals surface area contributed by atoms with Crippen molar-refractivity contribution < 1.29 is 10.4 Å². The first-order chi connectivity index (χ1) is 16.8. The second-order valence-corrected chi connectivity index (χ2v) is 7.26. The van der Waals surface area contributed by atoms with Crippen LogP contribution in [-0.2, 0) is 0 Å². The molecule has 0 unspecified atom stereocenters. The maximum absolute atomic E-state index is 9.92. The van der Waals surface area contributed by atoms with Crippen LogP contribution in [0.5, 0.6) is 0 Å². The summed E-state index contributed by atoms with van der Waals surface area (Å²) in [4.78, 5) is 0. The fourth-order valence-electron chi connectivity index (χ4n) is 3.45. The number of hydrogen-bond acceptors (Lipinski definition) is 6. The van der Waals surface area contributed by atoms with Gasteiger partial charge < -0.3 is 10.4 Å². The highest BCUT2D eigenvalue weighted by molar-refractivity contribution is 6.55. The molecule has 6 heteroatoms. The van der Waals surface area contributed by atoms with Gasteiger partial charge in [0.2, 0.25) is 0 Å². The minimum Gasteiger partial charge on any atom is -0.410 e. The standard InChI is InChI=1S/C28H22N4O2/c33-31-27(23-17-9-3-10-18-23)25(21-13-5-1-6-14-21)29-30-26(22-15-7-2-8-16-22)28(32-34)24-19-11-4-12-20-24/h1-20,33-34H/b29-25+,30-26+,31-27-,32-28-. The van der Waals surface area contributed by atoms with E-state index in [1.165, 1.54) is 0 Å².